The topological polar surface area (TPSA) is 80.1 Å². The van der Waals surface area contributed by atoms with Crippen molar-refractivity contribution in [3.8, 4) is 28.4 Å². The van der Waals surface area contributed by atoms with Gasteiger partial charge in [-0.2, -0.15) is 10.1 Å². The first kappa shape index (κ1) is 20.4. The van der Waals surface area contributed by atoms with Gasteiger partial charge in [-0.1, -0.05) is 29.4 Å². The molecule has 32 heavy (non-hydrogen) atoms. The Morgan fingerprint density at radius 2 is 2.09 bits per heavy atom. The zero-order chi connectivity index (χ0) is 21.9. The summed E-state index contributed by atoms with van der Waals surface area (Å²) in [5.74, 6) is 1.55. The first-order chi connectivity index (χ1) is 15.7. The summed E-state index contributed by atoms with van der Waals surface area (Å²) in [5.41, 5.74) is 2.91. The summed E-state index contributed by atoms with van der Waals surface area (Å²) >= 11 is 0. The smallest absolute Gasteiger partial charge is 0.244 e. The molecule has 2 aromatic heterocycles. The Hall–Kier alpha value is -3.52. The van der Waals surface area contributed by atoms with Crippen LogP contribution in [0.4, 0.5) is 4.39 Å². The number of nitrogens with zero attached hydrogens (tertiary/aromatic N) is 4. The number of rotatable bonds is 7. The molecule has 0 unspecified atom stereocenters. The number of nitrogens with one attached hydrogen (secondary N) is 1. The van der Waals surface area contributed by atoms with Crippen LogP contribution in [0.1, 0.15) is 37.3 Å². The van der Waals surface area contributed by atoms with Gasteiger partial charge in [0.15, 0.2) is 0 Å². The van der Waals surface area contributed by atoms with Crippen LogP contribution in [-0.2, 0) is 6.54 Å². The van der Waals surface area contributed by atoms with Gasteiger partial charge in [0.25, 0.3) is 0 Å². The monoisotopic (exact) mass is 433 g/mol. The normalized spacial score (nSPS) is 16.5. The van der Waals surface area contributed by atoms with Crippen LogP contribution in [0, 0.1) is 5.82 Å². The standard InChI is InChI=1S/C24H24FN5O2/c1-2-31-21-11-4-3-8-17(21)23-27-24(32-29-23)20-10-6-14-30(20)15-16-7-5-9-18(25)22(16)19-12-13-26-28-19/h3-5,7-9,11-13,20H,2,6,10,14-15H2,1H3,(H,26,28)/t20-/m0/s1. The molecule has 1 fully saturated rings. The summed E-state index contributed by atoms with van der Waals surface area (Å²) in [7, 11) is 0. The lowest BCUT2D eigenvalue weighted by molar-refractivity contribution is 0.201. The van der Waals surface area contributed by atoms with Gasteiger partial charge in [0.2, 0.25) is 11.7 Å². The van der Waals surface area contributed by atoms with E-state index in [-0.39, 0.29) is 11.9 Å². The first-order valence-electron chi connectivity index (χ1n) is 10.8. The maximum absolute atomic E-state index is 14.7. The van der Waals surface area contributed by atoms with Crippen molar-refractivity contribution in [2.45, 2.75) is 32.4 Å². The zero-order valence-electron chi connectivity index (χ0n) is 17.8. The molecule has 1 N–H and O–H groups in total. The van der Waals surface area contributed by atoms with Gasteiger partial charge in [0.05, 0.1) is 23.9 Å². The highest BCUT2D eigenvalue weighted by Gasteiger charge is 2.32. The molecular formula is C24H24FN5O2. The van der Waals surface area contributed by atoms with Crippen LogP contribution < -0.4 is 4.74 Å². The van der Waals surface area contributed by atoms with Crippen molar-refractivity contribution in [2.75, 3.05) is 13.2 Å². The lowest BCUT2D eigenvalue weighted by Gasteiger charge is -2.23. The summed E-state index contributed by atoms with van der Waals surface area (Å²) in [4.78, 5) is 6.96. The number of hydrogen-bond donors (Lipinski definition) is 1. The van der Waals surface area contributed by atoms with Crippen LogP contribution in [-0.4, -0.2) is 38.4 Å². The van der Waals surface area contributed by atoms with E-state index in [1.165, 1.54) is 6.07 Å². The molecule has 0 radical (unpaired) electrons. The molecule has 0 amide bonds. The van der Waals surface area contributed by atoms with E-state index in [0.717, 1.165) is 36.3 Å². The first-order valence-corrected chi connectivity index (χ1v) is 10.8. The maximum Gasteiger partial charge on any atom is 0.244 e. The van der Waals surface area contributed by atoms with Gasteiger partial charge in [0.1, 0.15) is 11.6 Å². The lowest BCUT2D eigenvalue weighted by Crippen LogP contribution is -2.23. The summed E-state index contributed by atoms with van der Waals surface area (Å²) in [6.07, 6.45) is 3.54. The number of likely N-dealkylation sites (tertiary alicyclic amines) is 1. The quantitative estimate of drug-likeness (QED) is 0.442. The number of hydrogen-bond acceptors (Lipinski definition) is 6. The molecule has 0 saturated carbocycles. The van der Waals surface area contributed by atoms with E-state index in [0.29, 0.717) is 36.1 Å². The summed E-state index contributed by atoms with van der Waals surface area (Å²) < 4.78 is 26.1. The van der Waals surface area contributed by atoms with Crippen molar-refractivity contribution in [1.29, 1.82) is 0 Å². The number of halogens is 1. The Morgan fingerprint density at radius 3 is 2.94 bits per heavy atom. The van der Waals surface area contributed by atoms with Crippen molar-refractivity contribution in [2.24, 2.45) is 0 Å². The third-order valence-electron chi connectivity index (χ3n) is 5.76. The van der Waals surface area contributed by atoms with Crippen molar-refractivity contribution in [3.63, 3.8) is 0 Å². The predicted octanol–water partition coefficient (Wildman–Crippen LogP) is 5.00. The van der Waals surface area contributed by atoms with Crippen LogP contribution >= 0.6 is 0 Å². The third-order valence-corrected chi connectivity index (χ3v) is 5.76. The van der Waals surface area contributed by atoms with E-state index >= 15 is 0 Å². The Labute approximate surface area is 185 Å². The Morgan fingerprint density at radius 1 is 1.19 bits per heavy atom. The highest BCUT2D eigenvalue weighted by molar-refractivity contribution is 5.64. The van der Waals surface area contributed by atoms with Crippen LogP contribution in [0.15, 0.2) is 59.3 Å². The lowest BCUT2D eigenvalue weighted by atomic mass is 10.0. The Kier molecular flexibility index (Phi) is 5.68. The van der Waals surface area contributed by atoms with Crippen LogP contribution in [0.3, 0.4) is 0 Å². The molecule has 0 aliphatic carbocycles. The second kappa shape index (κ2) is 8.92. The van der Waals surface area contributed by atoms with Gasteiger partial charge in [0, 0.05) is 18.3 Å². The highest BCUT2D eigenvalue weighted by Crippen LogP contribution is 2.36. The van der Waals surface area contributed by atoms with E-state index in [9.17, 15) is 4.39 Å². The molecular weight excluding hydrogens is 409 g/mol. The fraction of sp³-hybridized carbons (Fsp3) is 0.292. The van der Waals surface area contributed by atoms with Crippen LogP contribution in [0.2, 0.25) is 0 Å². The van der Waals surface area contributed by atoms with E-state index < -0.39 is 0 Å². The molecule has 1 aliphatic heterocycles. The van der Waals surface area contributed by atoms with E-state index in [2.05, 4.69) is 20.3 Å². The van der Waals surface area contributed by atoms with Gasteiger partial charge in [-0.05, 0) is 56.1 Å². The van der Waals surface area contributed by atoms with E-state index in [1.54, 1.807) is 18.3 Å². The van der Waals surface area contributed by atoms with Crippen molar-refractivity contribution in [1.82, 2.24) is 25.2 Å². The van der Waals surface area contributed by atoms with E-state index in [1.807, 2.05) is 37.3 Å². The number of aromatic amines is 1. The molecule has 3 heterocycles. The average Bonchev–Trinajstić information content (AvgIpc) is 3.56. The number of ether oxygens (including phenoxy) is 1. The van der Waals surface area contributed by atoms with Gasteiger partial charge in [-0.3, -0.25) is 10.00 Å². The summed E-state index contributed by atoms with van der Waals surface area (Å²) in [5, 5.41) is 11.1. The predicted molar refractivity (Wildman–Crippen MR) is 117 cm³/mol. The average molecular weight is 433 g/mol. The second-order valence-corrected chi connectivity index (χ2v) is 7.76. The fourth-order valence-corrected chi connectivity index (χ4v) is 4.32. The number of H-pyrrole nitrogens is 1. The molecule has 0 spiro atoms. The number of para-hydroxylation sites is 1. The molecule has 5 rings (SSSR count). The SMILES string of the molecule is CCOc1ccccc1-c1noc([C@@H]2CCCN2Cc2cccc(F)c2-c2ccn[nH]2)n1. The molecule has 7 nitrogen and oxygen atoms in total. The van der Waals surface area contributed by atoms with Crippen molar-refractivity contribution in [3.05, 3.63) is 72.0 Å². The number of aromatic nitrogens is 4. The second-order valence-electron chi connectivity index (χ2n) is 7.76. The van der Waals surface area contributed by atoms with Crippen molar-refractivity contribution >= 4 is 0 Å². The van der Waals surface area contributed by atoms with E-state index in [4.69, 9.17) is 14.2 Å². The zero-order valence-corrected chi connectivity index (χ0v) is 17.8. The largest absolute Gasteiger partial charge is 0.493 e. The Bertz CT molecular complexity index is 1190. The summed E-state index contributed by atoms with van der Waals surface area (Å²) in [6.45, 7) is 3.95. The fourth-order valence-electron chi connectivity index (χ4n) is 4.32. The molecule has 1 aliphatic rings. The minimum atomic E-state index is -0.268. The van der Waals surface area contributed by atoms with Crippen molar-refractivity contribution < 1.29 is 13.7 Å². The minimum Gasteiger partial charge on any atom is -0.493 e. The Balaban J connectivity index is 1.41. The van der Waals surface area contributed by atoms with Gasteiger partial charge in [-0.15, -0.1) is 0 Å². The maximum atomic E-state index is 14.7. The minimum absolute atomic E-state index is 0.0200. The highest BCUT2D eigenvalue weighted by atomic mass is 19.1. The molecule has 0 bridgehead atoms. The number of benzene rings is 2. The molecule has 2 aromatic carbocycles. The van der Waals surface area contributed by atoms with Crippen LogP contribution in [0.25, 0.3) is 22.6 Å². The molecule has 4 aromatic rings. The third kappa shape index (κ3) is 3.89. The summed E-state index contributed by atoms with van der Waals surface area (Å²) in [6, 6.07) is 14.6. The van der Waals surface area contributed by atoms with Gasteiger partial charge >= 0.3 is 0 Å². The van der Waals surface area contributed by atoms with Gasteiger partial charge < -0.3 is 9.26 Å². The van der Waals surface area contributed by atoms with Crippen LogP contribution in [0.5, 0.6) is 5.75 Å². The molecule has 1 atom stereocenters. The van der Waals surface area contributed by atoms with Gasteiger partial charge in [-0.25, -0.2) is 4.39 Å². The molecule has 8 heteroatoms. The molecule has 1 saturated heterocycles. The molecule has 164 valence electrons.